The van der Waals surface area contributed by atoms with E-state index in [9.17, 15) is 4.79 Å². The van der Waals surface area contributed by atoms with Crippen LogP contribution in [0.4, 0.5) is 0 Å². The molecule has 0 radical (unpaired) electrons. The number of aromatic nitrogens is 1. The van der Waals surface area contributed by atoms with Crippen LogP contribution in [0.15, 0.2) is 12.1 Å². The Morgan fingerprint density at radius 1 is 1.55 bits per heavy atom. The van der Waals surface area contributed by atoms with Crippen molar-refractivity contribution < 1.29 is 9.53 Å². The Morgan fingerprint density at radius 2 is 2.36 bits per heavy atom. The highest BCUT2D eigenvalue weighted by molar-refractivity contribution is 6.29. The molecule has 2 rings (SSSR count). The van der Waals surface area contributed by atoms with Gasteiger partial charge in [0.05, 0.1) is 5.56 Å². The molecule has 1 aromatic heterocycles. The molecule has 1 aliphatic heterocycles. The number of hydrogen-bond acceptors (Lipinski definition) is 3. The van der Waals surface area contributed by atoms with Gasteiger partial charge >= 0.3 is 0 Å². The van der Waals surface area contributed by atoms with E-state index in [0.29, 0.717) is 16.6 Å². The predicted molar refractivity (Wildman–Crippen MR) is 39.1 cm³/mol. The molecule has 0 atom stereocenters. The van der Waals surface area contributed by atoms with Crippen molar-refractivity contribution in [3.05, 3.63) is 22.8 Å². The highest BCUT2D eigenvalue weighted by atomic mass is 35.5. The highest BCUT2D eigenvalue weighted by Crippen LogP contribution is 2.23. The fourth-order valence-corrected chi connectivity index (χ4v) is 1.09. The van der Waals surface area contributed by atoms with Gasteiger partial charge in [-0.25, -0.2) is 4.98 Å². The summed E-state index contributed by atoms with van der Waals surface area (Å²) in [5.41, 5.74) is 0.523. The summed E-state index contributed by atoms with van der Waals surface area (Å²) < 4.78 is 4.95. The smallest absolute Gasteiger partial charge is 0.226 e. The number of ketones is 1. The molecule has 1 aliphatic rings. The number of pyridine rings is 1. The van der Waals surface area contributed by atoms with Crippen molar-refractivity contribution in [2.75, 3.05) is 6.61 Å². The second-order valence-corrected chi connectivity index (χ2v) is 2.59. The zero-order chi connectivity index (χ0) is 7.84. The van der Waals surface area contributed by atoms with E-state index in [4.69, 9.17) is 16.3 Å². The molecule has 0 saturated carbocycles. The summed E-state index contributed by atoms with van der Waals surface area (Å²) in [4.78, 5) is 14.8. The lowest BCUT2D eigenvalue weighted by atomic mass is 10.2. The minimum absolute atomic E-state index is 0.0378. The molecule has 0 aromatic carbocycles. The minimum Gasteiger partial charge on any atom is -0.469 e. The molecular formula is C7H4ClNO2. The number of carbonyl (C=O) groups excluding carboxylic acids is 1. The van der Waals surface area contributed by atoms with Gasteiger partial charge in [0.1, 0.15) is 5.15 Å². The maximum atomic E-state index is 11.0. The van der Waals surface area contributed by atoms with Crippen LogP contribution in [0, 0.1) is 0 Å². The van der Waals surface area contributed by atoms with Crippen LogP contribution in [0.5, 0.6) is 5.88 Å². The van der Waals surface area contributed by atoms with Gasteiger partial charge in [0.25, 0.3) is 0 Å². The second-order valence-electron chi connectivity index (χ2n) is 2.20. The molecule has 0 spiro atoms. The van der Waals surface area contributed by atoms with Crippen molar-refractivity contribution in [2.24, 2.45) is 0 Å². The van der Waals surface area contributed by atoms with Gasteiger partial charge in [-0.3, -0.25) is 4.79 Å². The first-order valence-corrected chi connectivity index (χ1v) is 3.48. The molecule has 1 aromatic rings. The van der Waals surface area contributed by atoms with Crippen molar-refractivity contribution in [2.45, 2.75) is 0 Å². The SMILES string of the molecule is O=C1COc2nc(Cl)ccc21. The number of ether oxygens (including phenoxy) is 1. The lowest BCUT2D eigenvalue weighted by Crippen LogP contribution is -1.98. The molecule has 2 heterocycles. The van der Waals surface area contributed by atoms with Crippen LogP contribution < -0.4 is 4.74 Å². The number of halogens is 1. The van der Waals surface area contributed by atoms with Crippen molar-refractivity contribution >= 4 is 17.4 Å². The van der Waals surface area contributed by atoms with E-state index >= 15 is 0 Å². The van der Waals surface area contributed by atoms with Crippen LogP contribution in [0.1, 0.15) is 10.4 Å². The van der Waals surface area contributed by atoms with Crippen LogP contribution in [-0.4, -0.2) is 17.4 Å². The van der Waals surface area contributed by atoms with Crippen LogP contribution in [0.3, 0.4) is 0 Å². The number of hydrogen-bond donors (Lipinski definition) is 0. The average molecular weight is 170 g/mol. The number of Topliss-reactive ketones (excluding diaryl/α,β-unsaturated/α-hetero) is 1. The third-order valence-electron chi connectivity index (χ3n) is 1.47. The summed E-state index contributed by atoms with van der Waals surface area (Å²) in [7, 11) is 0. The lowest BCUT2D eigenvalue weighted by molar-refractivity contribution is 0.0960. The number of nitrogens with zero attached hydrogens (tertiary/aromatic N) is 1. The van der Waals surface area contributed by atoms with E-state index in [1.165, 1.54) is 0 Å². The van der Waals surface area contributed by atoms with Gasteiger partial charge in [-0.05, 0) is 12.1 Å². The first-order valence-electron chi connectivity index (χ1n) is 3.10. The Hall–Kier alpha value is -1.09. The maximum Gasteiger partial charge on any atom is 0.226 e. The standard InChI is InChI=1S/C7H4ClNO2/c8-6-2-1-4-5(10)3-11-7(4)9-6/h1-2H,3H2. The van der Waals surface area contributed by atoms with Gasteiger partial charge in [0.2, 0.25) is 11.7 Å². The summed E-state index contributed by atoms with van der Waals surface area (Å²) in [6.07, 6.45) is 0. The van der Waals surface area contributed by atoms with Crippen molar-refractivity contribution in [1.82, 2.24) is 4.98 Å². The van der Waals surface area contributed by atoms with Crippen molar-refractivity contribution in [3.63, 3.8) is 0 Å². The monoisotopic (exact) mass is 169 g/mol. The highest BCUT2D eigenvalue weighted by Gasteiger charge is 2.21. The topological polar surface area (TPSA) is 39.2 Å². The van der Waals surface area contributed by atoms with Gasteiger partial charge in [0, 0.05) is 0 Å². The fraction of sp³-hybridized carbons (Fsp3) is 0.143. The Labute approximate surface area is 68.0 Å². The molecule has 0 fully saturated rings. The predicted octanol–water partition coefficient (Wildman–Crippen LogP) is 1.31. The first kappa shape index (κ1) is 6.61. The zero-order valence-electron chi connectivity index (χ0n) is 5.50. The lowest BCUT2D eigenvalue weighted by Gasteiger charge is -1.94. The van der Waals surface area contributed by atoms with Gasteiger partial charge < -0.3 is 4.74 Å². The number of fused-ring (bicyclic) bond motifs is 1. The van der Waals surface area contributed by atoms with E-state index in [1.54, 1.807) is 12.1 Å². The number of rotatable bonds is 0. The number of carbonyl (C=O) groups is 1. The molecular weight excluding hydrogens is 166 g/mol. The van der Waals surface area contributed by atoms with Crippen LogP contribution >= 0.6 is 11.6 Å². The minimum atomic E-state index is -0.0378. The van der Waals surface area contributed by atoms with E-state index in [-0.39, 0.29) is 12.4 Å². The maximum absolute atomic E-state index is 11.0. The zero-order valence-corrected chi connectivity index (χ0v) is 6.26. The first-order chi connectivity index (χ1) is 5.27. The van der Waals surface area contributed by atoms with Gasteiger partial charge in [-0.15, -0.1) is 0 Å². The second kappa shape index (κ2) is 2.20. The van der Waals surface area contributed by atoms with Crippen LogP contribution in [0.2, 0.25) is 5.15 Å². The van der Waals surface area contributed by atoms with E-state index in [2.05, 4.69) is 4.98 Å². The Bertz CT molecular complexity index is 324. The summed E-state index contributed by atoms with van der Waals surface area (Å²) in [6, 6.07) is 3.20. The molecule has 0 unspecified atom stereocenters. The molecule has 11 heavy (non-hydrogen) atoms. The fourth-order valence-electron chi connectivity index (χ4n) is 0.952. The Balaban J connectivity index is 2.59. The van der Waals surface area contributed by atoms with E-state index < -0.39 is 0 Å². The molecule has 0 saturated heterocycles. The van der Waals surface area contributed by atoms with Gasteiger partial charge in [-0.2, -0.15) is 0 Å². The van der Waals surface area contributed by atoms with Crippen molar-refractivity contribution in [3.8, 4) is 5.88 Å². The van der Waals surface area contributed by atoms with Crippen LogP contribution in [0.25, 0.3) is 0 Å². The third kappa shape index (κ3) is 0.973. The van der Waals surface area contributed by atoms with Crippen molar-refractivity contribution in [1.29, 1.82) is 0 Å². The molecule has 0 N–H and O–H groups in total. The molecule has 56 valence electrons. The Morgan fingerprint density at radius 3 is 3.18 bits per heavy atom. The molecule has 4 heteroatoms. The molecule has 0 bridgehead atoms. The normalized spacial score (nSPS) is 14.5. The Kier molecular flexibility index (Phi) is 1.32. The quantitative estimate of drug-likeness (QED) is 0.550. The average Bonchev–Trinajstić information content (AvgIpc) is 2.32. The van der Waals surface area contributed by atoms with Gasteiger partial charge in [0.15, 0.2) is 6.61 Å². The molecule has 0 amide bonds. The van der Waals surface area contributed by atoms with E-state index in [1.807, 2.05) is 0 Å². The molecule has 3 nitrogen and oxygen atoms in total. The van der Waals surface area contributed by atoms with E-state index in [0.717, 1.165) is 0 Å². The summed E-state index contributed by atoms with van der Waals surface area (Å²) in [5, 5.41) is 0.346. The largest absolute Gasteiger partial charge is 0.469 e. The van der Waals surface area contributed by atoms with Crippen LogP contribution in [-0.2, 0) is 0 Å². The van der Waals surface area contributed by atoms with Gasteiger partial charge in [-0.1, -0.05) is 11.6 Å². The molecule has 0 aliphatic carbocycles. The summed E-state index contributed by atoms with van der Waals surface area (Å²) in [5.74, 6) is 0.312. The summed E-state index contributed by atoms with van der Waals surface area (Å²) >= 11 is 5.57. The third-order valence-corrected chi connectivity index (χ3v) is 1.68. The summed E-state index contributed by atoms with van der Waals surface area (Å²) in [6.45, 7) is 0.0860.